The van der Waals surface area contributed by atoms with Crippen molar-refractivity contribution in [3.63, 3.8) is 0 Å². The van der Waals surface area contributed by atoms with Crippen molar-refractivity contribution in [2.75, 3.05) is 12.4 Å². The lowest BCUT2D eigenvalue weighted by Gasteiger charge is -2.30. The van der Waals surface area contributed by atoms with Crippen LogP contribution in [0.5, 0.6) is 0 Å². The van der Waals surface area contributed by atoms with E-state index in [0.29, 0.717) is 5.69 Å². The molecule has 1 aromatic carbocycles. The van der Waals surface area contributed by atoms with E-state index < -0.39 is 11.8 Å². The average molecular weight is 353 g/mol. The predicted molar refractivity (Wildman–Crippen MR) is 87.2 cm³/mol. The molecule has 0 spiro atoms. The van der Waals surface area contributed by atoms with Crippen LogP contribution in [0.15, 0.2) is 22.7 Å². The van der Waals surface area contributed by atoms with Crippen LogP contribution >= 0.6 is 15.9 Å². The molecule has 2 rings (SSSR count). The maximum atomic E-state index is 12.2. The number of hydrogen-bond donors (Lipinski definition) is 1. The molecule has 1 aromatic rings. The molecule has 0 aromatic heterocycles. The van der Waals surface area contributed by atoms with E-state index in [1.54, 1.807) is 18.0 Å². The summed E-state index contributed by atoms with van der Waals surface area (Å²) in [4.78, 5) is 25.9. The highest BCUT2D eigenvalue weighted by Crippen LogP contribution is 2.22. The summed E-state index contributed by atoms with van der Waals surface area (Å²) in [6.45, 7) is 1.94. The lowest BCUT2D eigenvalue weighted by atomic mass is 9.94. The molecule has 0 bridgehead atoms. The minimum Gasteiger partial charge on any atom is -0.335 e. The van der Waals surface area contributed by atoms with Crippen LogP contribution in [0.4, 0.5) is 5.69 Å². The summed E-state index contributed by atoms with van der Waals surface area (Å²) in [5, 5.41) is 2.68. The molecule has 1 saturated carbocycles. The normalized spacial score (nSPS) is 15.6. The standard InChI is InChI=1S/C16H21BrN2O2/c1-11-10-12(8-9-14(11)17)18-15(20)16(21)19(2)13-6-4-3-5-7-13/h8-10,13H,3-7H2,1-2H3,(H,18,20). The second-order valence-electron chi connectivity index (χ2n) is 5.63. The van der Waals surface area contributed by atoms with Gasteiger partial charge in [0, 0.05) is 23.2 Å². The van der Waals surface area contributed by atoms with Gasteiger partial charge >= 0.3 is 11.8 Å². The van der Waals surface area contributed by atoms with Gasteiger partial charge in [-0.1, -0.05) is 35.2 Å². The van der Waals surface area contributed by atoms with E-state index in [2.05, 4.69) is 21.2 Å². The lowest BCUT2D eigenvalue weighted by molar-refractivity contribution is -0.144. The molecule has 5 heteroatoms. The van der Waals surface area contributed by atoms with E-state index in [1.165, 1.54) is 6.42 Å². The third-order valence-corrected chi connectivity index (χ3v) is 4.94. The molecule has 21 heavy (non-hydrogen) atoms. The zero-order valence-electron chi connectivity index (χ0n) is 12.5. The Morgan fingerprint density at radius 2 is 1.90 bits per heavy atom. The number of aryl methyl sites for hydroxylation is 1. The van der Waals surface area contributed by atoms with Gasteiger partial charge in [0.05, 0.1) is 0 Å². The first-order valence-corrected chi connectivity index (χ1v) is 8.12. The predicted octanol–water partition coefficient (Wildman–Crippen LogP) is 3.49. The number of rotatable bonds is 2. The van der Waals surface area contributed by atoms with Gasteiger partial charge in [0.1, 0.15) is 0 Å². The number of carbonyl (C=O) groups excluding carboxylic acids is 2. The summed E-state index contributed by atoms with van der Waals surface area (Å²) in [6.07, 6.45) is 5.48. The number of hydrogen-bond acceptors (Lipinski definition) is 2. The molecule has 0 saturated heterocycles. The molecule has 4 nitrogen and oxygen atoms in total. The van der Waals surface area contributed by atoms with Gasteiger partial charge < -0.3 is 10.2 Å². The first-order chi connectivity index (χ1) is 9.99. The van der Waals surface area contributed by atoms with Crippen LogP contribution in [-0.4, -0.2) is 29.8 Å². The topological polar surface area (TPSA) is 49.4 Å². The number of anilines is 1. The first kappa shape index (κ1) is 16.0. The van der Waals surface area contributed by atoms with Gasteiger partial charge in [0.25, 0.3) is 0 Å². The van der Waals surface area contributed by atoms with E-state index in [9.17, 15) is 9.59 Å². The second-order valence-corrected chi connectivity index (χ2v) is 6.48. The van der Waals surface area contributed by atoms with Crippen LogP contribution in [0.25, 0.3) is 0 Å². The third-order valence-electron chi connectivity index (χ3n) is 4.05. The van der Waals surface area contributed by atoms with Gasteiger partial charge in [-0.25, -0.2) is 0 Å². The zero-order valence-corrected chi connectivity index (χ0v) is 14.1. The van der Waals surface area contributed by atoms with E-state index >= 15 is 0 Å². The fourth-order valence-corrected chi connectivity index (χ4v) is 2.95. The van der Waals surface area contributed by atoms with Crippen LogP contribution in [0.2, 0.25) is 0 Å². The maximum Gasteiger partial charge on any atom is 0.313 e. The third kappa shape index (κ3) is 4.06. The summed E-state index contributed by atoms with van der Waals surface area (Å²) in [6, 6.07) is 5.68. The maximum absolute atomic E-state index is 12.2. The highest BCUT2D eigenvalue weighted by atomic mass is 79.9. The summed E-state index contributed by atoms with van der Waals surface area (Å²) in [7, 11) is 1.73. The van der Waals surface area contributed by atoms with Crippen LogP contribution in [0.3, 0.4) is 0 Å². The zero-order chi connectivity index (χ0) is 15.4. The number of nitrogens with zero attached hydrogens (tertiary/aromatic N) is 1. The van der Waals surface area contributed by atoms with Crippen molar-refractivity contribution in [3.8, 4) is 0 Å². The molecule has 1 aliphatic rings. The number of carbonyl (C=O) groups is 2. The van der Waals surface area contributed by atoms with E-state index in [-0.39, 0.29) is 6.04 Å². The second kappa shape index (κ2) is 7.07. The van der Waals surface area contributed by atoms with E-state index in [0.717, 1.165) is 35.7 Å². The average Bonchev–Trinajstić information content (AvgIpc) is 2.50. The fourth-order valence-electron chi connectivity index (χ4n) is 2.70. The Labute approximate surface area is 134 Å². The Hall–Kier alpha value is -1.36. The smallest absolute Gasteiger partial charge is 0.313 e. The lowest BCUT2D eigenvalue weighted by Crippen LogP contribution is -2.44. The molecule has 0 atom stereocenters. The fraction of sp³-hybridized carbons (Fsp3) is 0.500. The molecule has 1 N–H and O–H groups in total. The quantitative estimate of drug-likeness (QED) is 0.828. The van der Waals surface area contributed by atoms with Crippen LogP contribution in [0, 0.1) is 6.92 Å². The number of likely N-dealkylation sites (N-methyl/N-ethyl adjacent to an activating group) is 1. The summed E-state index contributed by atoms with van der Waals surface area (Å²) in [5.41, 5.74) is 1.66. The molecule has 114 valence electrons. The highest BCUT2D eigenvalue weighted by molar-refractivity contribution is 9.10. The van der Waals surface area contributed by atoms with E-state index in [1.807, 2.05) is 19.1 Å². The van der Waals surface area contributed by atoms with Crippen molar-refractivity contribution in [1.82, 2.24) is 4.90 Å². The summed E-state index contributed by atoms with van der Waals surface area (Å²) >= 11 is 3.41. The van der Waals surface area contributed by atoms with Crippen molar-refractivity contribution < 1.29 is 9.59 Å². The van der Waals surface area contributed by atoms with Gasteiger partial charge in [-0.05, 0) is 43.5 Å². The number of amides is 2. The molecular weight excluding hydrogens is 332 g/mol. The van der Waals surface area contributed by atoms with Crippen molar-refractivity contribution in [2.24, 2.45) is 0 Å². The minimum absolute atomic E-state index is 0.198. The monoisotopic (exact) mass is 352 g/mol. The molecule has 1 fully saturated rings. The van der Waals surface area contributed by atoms with Gasteiger partial charge in [-0.15, -0.1) is 0 Å². The Bertz CT molecular complexity index is 539. The largest absolute Gasteiger partial charge is 0.335 e. The number of halogens is 1. The summed E-state index contributed by atoms with van der Waals surface area (Å²) < 4.78 is 0.978. The first-order valence-electron chi connectivity index (χ1n) is 7.33. The van der Waals surface area contributed by atoms with Gasteiger partial charge in [0.15, 0.2) is 0 Å². The van der Waals surface area contributed by atoms with Crippen LogP contribution in [-0.2, 0) is 9.59 Å². The summed E-state index contributed by atoms with van der Waals surface area (Å²) in [5.74, 6) is -1.02. The van der Waals surface area contributed by atoms with Gasteiger partial charge in [0.2, 0.25) is 0 Å². The molecule has 2 amide bonds. The minimum atomic E-state index is -0.565. The number of benzene rings is 1. The molecule has 0 unspecified atom stereocenters. The molecular formula is C16H21BrN2O2. The van der Waals surface area contributed by atoms with Crippen LogP contribution in [0.1, 0.15) is 37.7 Å². The molecule has 0 heterocycles. The Kier molecular flexibility index (Phi) is 5.39. The SMILES string of the molecule is Cc1cc(NC(=O)C(=O)N(C)C2CCCCC2)ccc1Br. The van der Waals surface area contributed by atoms with Crippen molar-refractivity contribution in [3.05, 3.63) is 28.2 Å². The Morgan fingerprint density at radius 1 is 1.24 bits per heavy atom. The van der Waals surface area contributed by atoms with Crippen molar-refractivity contribution in [2.45, 2.75) is 45.1 Å². The van der Waals surface area contributed by atoms with Gasteiger partial charge in [-0.2, -0.15) is 0 Å². The van der Waals surface area contributed by atoms with Crippen molar-refractivity contribution in [1.29, 1.82) is 0 Å². The Morgan fingerprint density at radius 3 is 2.52 bits per heavy atom. The Balaban J connectivity index is 1.98. The van der Waals surface area contributed by atoms with Gasteiger partial charge in [-0.3, -0.25) is 9.59 Å². The van der Waals surface area contributed by atoms with Crippen molar-refractivity contribution >= 4 is 33.4 Å². The van der Waals surface area contributed by atoms with E-state index in [4.69, 9.17) is 0 Å². The highest BCUT2D eigenvalue weighted by Gasteiger charge is 2.26. The number of nitrogens with one attached hydrogen (secondary N) is 1. The van der Waals surface area contributed by atoms with Crippen LogP contribution < -0.4 is 5.32 Å². The molecule has 1 aliphatic carbocycles. The molecule has 0 radical (unpaired) electrons. The molecule has 0 aliphatic heterocycles.